The molecule has 0 bridgehead atoms. The Hall–Kier alpha value is -2.64. The summed E-state index contributed by atoms with van der Waals surface area (Å²) in [5.41, 5.74) is 1.99. The van der Waals surface area contributed by atoms with Crippen LogP contribution in [0.4, 0.5) is 5.69 Å². The molecule has 152 valence electrons. The maximum atomic E-state index is 12.4. The minimum absolute atomic E-state index is 0.0534. The minimum atomic E-state index is -0.0534. The molecule has 0 saturated carbocycles. The molecule has 2 aromatic carbocycles. The summed E-state index contributed by atoms with van der Waals surface area (Å²) in [5.74, 6) is 1.19. The molecule has 2 N–H and O–H groups in total. The van der Waals surface area contributed by atoms with E-state index < -0.39 is 0 Å². The molecule has 3 aromatic rings. The number of thioether (sulfide) groups is 1. The Morgan fingerprint density at radius 1 is 1.07 bits per heavy atom. The number of carbonyl (C=O) groups excluding carboxylic acids is 1. The van der Waals surface area contributed by atoms with Crippen molar-refractivity contribution in [3.63, 3.8) is 0 Å². The summed E-state index contributed by atoms with van der Waals surface area (Å²) in [5, 5.41) is 12.6. The van der Waals surface area contributed by atoms with Gasteiger partial charge in [-0.3, -0.25) is 9.36 Å². The Morgan fingerprint density at radius 2 is 1.72 bits per heavy atom. The van der Waals surface area contributed by atoms with Crippen LogP contribution in [0.3, 0.4) is 0 Å². The van der Waals surface area contributed by atoms with Gasteiger partial charge >= 0.3 is 0 Å². The van der Waals surface area contributed by atoms with E-state index in [-0.39, 0.29) is 17.7 Å². The summed E-state index contributed by atoms with van der Waals surface area (Å²) in [6.45, 7) is 2.86. The minimum Gasteiger partial charge on any atom is -0.331 e. The van der Waals surface area contributed by atoms with Crippen molar-refractivity contribution < 1.29 is 9.69 Å². The van der Waals surface area contributed by atoms with Crippen LogP contribution >= 0.6 is 11.8 Å². The molecule has 0 fully saturated rings. The second-order valence-corrected chi connectivity index (χ2v) is 8.10. The van der Waals surface area contributed by atoms with Gasteiger partial charge in [-0.1, -0.05) is 67.2 Å². The fourth-order valence-electron chi connectivity index (χ4n) is 3.28. The lowest BCUT2D eigenvalue weighted by Crippen LogP contribution is -3.06. The summed E-state index contributed by atoms with van der Waals surface area (Å²) in [6, 6.07) is 20.0. The Bertz CT molecular complexity index is 911. The van der Waals surface area contributed by atoms with Crippen molar-refractivity contribution in [3.05, 3.63) is 72.1 Å². The normalized spacial score (nSPS) is 12.1. The predicted octanol–water partition coefficient (Wildman–Crippen LogP) is 2.65. The molecule has 0 aliphatic rings. The number of carbonyl (C=O) groups is 1. The zero-order chi connectivity index (χ0) is 20.6. The first kappa shape index (κ1) is 21.1. The SMILES string of the molecule is CC[C@H](c1nnc(SCC(=O)Nc2ccccc2)n1Cc1ccccc1)[NH+](C)C. The van der Waals surface area contributed by atoms with Crippen LogP contribution in [0.15, 0.2) is 65.8 Å². The molecular formula is C22H28N5OS+. The standard InChI is InChI=1S/C22H27N5OS/c1-4-19(26(2)3)21-24-25-22(27(21)15-17-11-7-5-8-12-17)29-16-20(28)23-18-13-9-6-10-14-18/h5-14,19H,4,15-16H2,1-3H3,(H,23,28)/p+1/t19-/m1/s1. The highest BCUT2D eigenvalue weighted by atomic mass is 32.2. The van der Waals surface area contributed by atoms with E-state index >= 15 is 0 Å². The van der Waals surface area contributed by atoms with E-state index in [0.29, 0.717) is 6.54 Å². The van der Waals surface area contributed by atoms with Gasteiger partial charge in [0.1, 0.15) is 6.04 Å². The molecule has 0 radical (unpaired) electrons. The molecule has 3 rings (SSSR count). The molecule has 1 atom stereocenters. The van der Waals surface area contributed by atoms with Gasteiger partial charge in [0.05, 0.1) is 26.4 Å². The molecular weight excluding hydrogens is 382 g/mol. The van der Waals surface area contributed by atoms with Crippen molar-refractivity contribution in [1.82, 2.24) is 14.8 Å². The number of aromatic nitrogens is 3. The molecule has 1 aromatic heterocycles. The van der Waals surface area contributed by atoms with Crippen molar-refractivity contribution in [1.29, 1.82) is 0 Å². The molecule has 6 nitrogen and oxygen atoms in total. The van der Waals surface area contributed by atoms with Crippen LogP contribution in [0.1, 0.15) is 30.8 Å². The van der Waals surface area contributed by atoms with E-state index in [9.17, 15) is 4.79 Å². The average Bonchev–Trinajstić information content (AvgIpc) is 3.10. The molecule has 1 heterocycles. The Labute approximate surface area is 176 Å². The number of hydrogen-bond acceptors (Lipinski definition) is 4. The van der Waals surface area contributed by atoms with E-state index in [1.165, 1.54) is 22.2 Å². The quantitative estimate of drug-likeness (QED) is 0.533. The zero-order valence-corrected chi connectivity index (χ0v) is 17.9. The number of hydrogen-bond donors (Lipinski definition) is 2. The van der Waals surface area contributed by atoms with Crippen LogP contribution in [0.25, 0.3) is 0 Å². The number of para-hydroxylation sites is 1. The second-order valence-electron chi connectivity index (χ2n) is 7.15. The molecule has 0 saturated heterocycles. The number of anilines is 1. The first-order chi connectivity index (χ1) is 14.1. The zero-order valence-electron chi connectivity index (χ0n) is 17.1. The van der Waals surface area contributed by atoms with E-state index in [4.69, 9.17) is 0 Å². The van der Waals surface area contributed by atoms with Crippen molar-refractivity contribution >= 4 is 23.4 Å². The Balaban J connectivity index is 1.78. The fourth-order valence-corrected chi connectivity index (χ4v) is 4.02. The summed E-state index contributed by atoms with van der Waals surface area (Å²) in [4.78, 5) is 13.7. The third kappa shape index (κ3) is 5.68. The van der Waals surface area contributed by atoms with Gasteiger partial charge in [0.2, 0.25) is 5.91 Å². The van der Waals surface area contributed by atoms with Crippen LogP contribution < -0.4 is 10.2 Å². The van der Waals surface area contributed by atoms with Crippen molar-refractivity contribution in [2.45, 2.75) is 31.1 Å². The van der Waals surface area contributed by atoms with E-state index in [1.54, 1.807) is 0 Å². The van der Waals surface area contributed by atoms with Crippen LogP contribution in [0.2, 0.25) is 0 Å². The van der Waals surface area contributed by atoms with Gasteiger partial charge in [-0.25, -0.2) is 0 Å². The lowest BCUT2D eigenvalue weighted by molar-refractivity contribution is -0.893. The van der Waals surface area contributed by atoms with Gasteiger partial charge in [-0.2, -0.15) is 0 Å². The maximum Gasteiger partial charge on any atom is 0.234 e. The molecule has 0 spiro atoms. The number of nitrogens with zero attached hydrogens (tertiary/aromatic N) is 3. The number of rotatable bonds is 9. The second kappa shape index (κ2) is 10.2. The summed E-state index contributed by atoms with van der Waals surface area (Å²) >= 11 is 1.42. The number of benzene rings is 2. The monoisotopic (exact) mass is 410 g/mol. The Morgan fingerprint density at radius 3 is 2.34 bits per heavy atom. The predicted molar refractivity (Wildman–Crippen MR) is 117 cm³/mol. The average molecular weight is 411 g/mol. The van der Waals surface area contributed by atoms with Gasteiger partial charge in [0.15, 0.2) is 11.0 Å². The number of nitrogens with one attached hydrogen (secondary N) is 2. The van der Waals surface area contributed by atoms with Gasteiger partial charge in [-0.15, -0.1) is 10.2 Å². The molecule has 0 unspecified atom stereocenters. The van der Waals surface area contributed by atoms with E-state index in [2.05, 4.69) is 53.2 Å². The van der Waals surface area contributed by atoms with Crippen molar-refractivity contribution in [2.24, 2.45) is 0 Å². The lowest BCUT2D eigenvalue weighted by atomic mass is 10.2. The Kier molecular flexibility index (Phi) is 7.43. The number of quaternary nitrogens is 1. The third-order valence-corrected chi connectivity index (χ3v) is 5.70. The molecule has 0 aliphatic carbocycles. The third-order valence-electron chi connectivity index (χ3n) is 4.74. The first-order valence-corrected chi connectivity index (χ1v) is 10.8. The smallest absolute Gasteiger partial charge is 0.234 e. The molecule has 7 heteroatoms. The highest BCUT2D eigenvalue weighted by Gasteiger charge is 2.25. The van der Waals surface area contributed by atoms with Crippen LogP contribution in [-0.2, 0) is 11.3 Å². The topological polar surface area (TPSA) is 64.2 Å². The highest BCUT2D eigenvalue weighted by molar-refractivity contribution is 7.99. The van der Waals surface area contributed by atoms with Gasteiger partial charge in [0.25, 0.3) is 0 Å². The van der Waals surface area contributed by atoms with Crippen LogP contribution in [-0.4, -0.2) is 40.5 Å². The summed E-state index contributed by atoms with van der Waals surface area (Å²) in [7, 11) is 4.27. The largest absolute Gasteiger partial charge is 0.331 e. The van der Waals surface area contributed by atoms with Gasteiger partial charge in [-0.05, 0) is 17.7 Å². The molecule has 1 amide bonds. The highest BCUT2D eigenvalue weighted by Crippen LogP contribution is 2.22. The van der Waals surface area contributed by atoms with E-state index in [0.717, 1.165) is 23.1 Å². The van der Waals surface area contributed by atoms with Crippen molar-refractivity contribution in [3.8, 4) is 0 Å². The van der Waals surface area contributed by atoms with E-state index in [1.807, 2.05) is 48.5 Å². The first-order valence-electron chi connectivity index (χ1n) is 9.83. The maximum absolute atomic E-state index is 12.4. The number of amides is 1. The molecule has 0 aliphatic heterocycles. The summed E-state index contributed by atoms with van der Waals surface area (Å²) < 4.78 is 2.15. The fraction of sp³-hybridized carbons (Fsp3) is 0.318. The lowest BCUT2D eigenvalue weighted by Gasteiger charge is -2.20. The van der Waals surface area contributed by atoms with Crippen LogP contribution in [0.5, 0.6) is 0 Å². The summed E-state index contributed by atoms with van der Waals surface area (Å²) in [6.07, 6.45) is 0.967. The van der Waals surface area contributed by atoms with Gasteiger partial charge < -0.3 is 10.2 Å². The molecule has 29 heavy (non-hydrogen) atoms. The van der Waals surface area contributed by atoms with Crippen LogP contribution in [0, 0.1) is 0 Å². The van der Waals surface area contributed by atoms with Crippen molar-refractivity contribution in [2.75, 3.05) is 25.2 Å². The van der Waals surface area contributed by atoms with Gasteiger partial charge in [0, 0.05) is 12.1 Å².